The number of ether oxygens (including phenoxy) is 2. The zero-order chi connectivity index (χ0) is 10.3. The predicted molar refractivity (Wildman–Crippen MR) is 48.2 cm³/mol. The van der Waals surface area contributed by atoms with Crippen molar-refractivity contribution in [2.45, 2.75) is 19.6 Å². The van der Waals surface area contributed by atoms with Crippen LogP contribution in [0.15, 0.2) is 12.1 Å². The van der Waals surface area contributed by atoms with E-state index < -0.39 is 5.79 Å². The Kier molecular flexibility index (Phi) is 1.58. The molecular weight excluding hydrogens is 182 g/mol. The standard InChI is InChI=1S/C10H9NO3/c1-10(2)13-7-4-3-6(5-11)8(12)9(7)14-10/h3-4,12H,1-2H3. The molecule has 1 N–H and O–H groups in total. The van der Waals surface area contributed by atoms with Gasteiger partial charge in [0.1, 0.15) is 6.07 Å². The first kappa shape index (κ1) is 8.70. The van der Waals surface area contributed by atoms with Crippen molar-refractivity contribution in [3.63, 3.8) is 0 Å². The van der Waals surface area contributed by atoms with Gasteiger partial charge in [-0.2, -0.15) is 5.26 Å². The number of nitriles is 1. The summed E-state index contributed by atoms with van der Waals surface area (Å²) in [6, 6.07) is 4.98. The van der Waals surface area contributed by atoms with E-state index >= 15 is 0 Å². The molecule has 0 saturated heterocycles. The molecular formula is C10H9NO3. The number of hydrogen-bond acceptors (Lipinski definition) is 4. The van der Waals surface area contributed by atoms with Gasteiger partial charge in [0.2, 0.25) is 11.5 Å². The number of rotatable bonds is 0. The molecule has 0 fully saturated rings. The second-order valence-electron chi connectivity index (χ2n) is 3.50. The zero-order valence-electron chi connectivity index (χ0n) is 7.87. The molecule has 1 aromatic carbocycles. The molecule has 0 aromatic heterocycles. The smallest absolute Gasteiger partial charge is 0.246 e. The first-order valence-corrected chi connectivity index (χ1v) is 4.17. The van der Waals surface area contributed by atoms with E-state index in [1.807, 2.05) is 6.07 Å². The van der Waals surface area contributed by atoms with Crippen LogP contribution >= 0.6 is 0 Å². The van der Waals surface area contributed by atoms with Gasteiger partial charge in [-0.15, -0.1) is 0 Å². The van der Waals surface area contributed by atoms with Crippen LogP contribution in [0.1, 0.15) is 19.4 Å². The van der Waals surface area contributed by atoms with Crippen LogP contribution in [0.2, 0.25) is 0 Å². The van der Waals surface area contributed by atoms with Crippen molar-refractivity contribution < 1.29 is 14.6 Å². The molecule has 0 saturated carbocycles. The highest BCUT2D eigenvalue weighted by atomic mass is 16.7. The number of benzene rings is 1. The maximum Gasteiger partial charge on any atom is 0.246 e. The lowest BCUT2D eigenvalue weighted by Crippen LogP contribution is -2.29. The van der Waals surface area contributed by atoms with E-state index in [-0.39, 0.29) is 17.1 Å². The fraction of sp³-hybridized carbons (Fsp3) is 0.300. The minimum Gasteiger partial charge on any atom is -0.503 e. The van der Waals surface area contributed by atoms with E-state index in [1.54, 1.807) is 19.9 Å². The lowest BCUT2D eigenvalue weighted by Gasteiger charge is -2.16. The molecule has 14 heavy (non-hydrogen) atoms. The molecule has 2 rings (SSSR count). The summed E-state index contributed by atoms with van der Waals surface area (Å²) in [6.45, 7) is 3.47. The third-order valence-corrected chi connectivity index (χ3v) is 1.92. The summed E-state index contributed by atoms with van der Waals surface area (Å²) in [6.07, 6.45) is 0. The molecule has 0 unspecified atom stereocenters. The fourth-order valence-electron chi connectivity index (χ4n) is 1.35. The summed E-state index contributed by atoms with van der Waals surface area (Å²) in [4.78, 5) is 0. The molecule has 1 heterocycles. The van der Waals surface area contributed by atoms with Crippen LogP contribution in [0.25, 0.3) is 0 Å². The molecule has 4 nitrogen and oxygen atoms in total. The molecule has 0 spiro atoms. The summed E-state index contributed by atoms with van der Waals surface area (Å²) in [7, 11) is 0. The molecule has 72 valence electrons. The Morgan fingerprint density at radius 3 is 2.71 bits per heavy atom. The summed E-state index contributed by atoms with van der Waals surface area (Å²) in [5.41, 5.74) is 0.185. The minimum absolute atomic E-state index is 0.157. The van der Waals surface area contributed by atoms with Crippen molar-refractivity contribution in [1.82, 2.24) is 0 Å². The van der Waals surface area contributed by atoms with Crippen molar-refractivity contribution in [3.05, 3.63) is 17.7 Å². The molecule has 0 amide bonds. The van der Waals surface area contributed by atoms with Crippen LogP contribution in [-0.2, 0) is 0 Å². The van der Waals surface area contributed by atoms with Gasteiger partial charge in [0, 0.05) is 13.8 Å². The van der Waals surface area contributed by atoms with E-state index in [0.29, 0.717) is 5.75 Å². The summed E-state index contributed by atoms with van der Waals surface area (Å²) >= 11 is 0. The molecule has 1 aliphatic rings. The van der Waals surface area contributed by atoms with Gasteiger partial charge in [0.25, 0.3) is 0 Å². The number of fused-ring (bicyclic) bond motifs is 1. The van der Waals surface area contributed by atoms with Gasteiger partial charge in [-0.05, 0) is 12.1 Å². The summed E-state index contributed by atoms with van der Waals surface area (Å²) in [5, 5.41) is 18.3. The van der Waals surface area contributed by atoms with Gasteiger partial charge < -0.3 is 14.6 Å². The van der Waals surface area contributed by atoms with Gasteiger partial charge in [-0.1, -0.05) is 0 Å². The van der Waals surface area contributed by atoms with E-state index in [9.17, 15) is 5.11 Å². The van der Waals surface area contributed by atoms with Gasteiger partial charge in [0.15, 0.2) is 11.5 Å². The largest absolute Gasteiger partial charge is 0.503 e. The summed E-state index contributed by atoms with van der Waals surface area (Å²) in [5.74, 6) is -0.232. The SMILES string of the molecule is CC1(C)Oc2ccc(C#N)c(O)c2O1. The van der Waals surface area contributed by atoms with E-state index in [1.165, 1.54) is 6.07 Å². The van der Waals surface area contributed by atoms with Crippen LogP contribution in [0.3, 0.4) is 0 Å². The Morgan fingerprint density at radius 1 is 1.36 bits per heavy atom. The second-order valence-corrected chi connectivity index (χ2v) is 3.50. The monoisotopic (exact) mass is 191 g/mol. The van der Waals surface area contributed by atoms with Crippen LogP contribution in [0.4, 0.5) is 0 Å². The van der Waals surface area contributed by atoms with Crippen molar-refractivity contribution in [2.75, 3.05) is 0 Å². The molecule has 0 bridgehead atoms. The Balaban J connectivity index is 2.55. The quantitative estimate of drug-likeness (QED) is 0.678. The topological polar surface area (TPSA) is 62.5 Å². The zero-order valence-corrected chi connectivity index (χ0v) is 7.87. The van der Waals surface area contributed by atoms with Crippen LogP contribution in [0, 0.1) is 11.3 Å². The minimum atomic E-state index is -0.784. The highest BCUT2D eigenvalue weighted by Crippen LogP contribution is 2.46. The number of phenolic OH excluding ortho intramolecular Hbond substituents is 1. The van der Waals surface area contributed by atoms with Gasteiger partial charge in [0.05, 0.1) is 5.56 Å². The fourth-order valence-corrected chi connectivity index (χ4v) is 1.35. The predicted octanol–water partition coefficient (Wildman–Crippen LogP) is 1.77. The second kappa shape index (κ2) is 2.55. The lowest BCUT2D eigenvalue weighted by atomic mass is 10.2. The average molecular weight is 191 g/mol. The van der Waals surface area contributed by atoms with Crippen molar-refractivity contribution >= 4 is 0 Å². The number of aromatic hydroxyl groups is 1. The maximum atomic E-state index is 9.61. The molecule has 0 atom stereocenters. The molecule has 1 aliphatic heterocycles. The number of hydrogen-bond donors (Lipinski definition) is 1. The average Bonchev–Trinajstić information content (AvgIpc) is 2.42. The Bertz CT molecular complexity index is 432. The van der Waals surface area contributed by atoms with Crippen molar-refractivity contribution in [1.29, 1.82) is 5.26 Å². The van der Waals surface area contributed by atoms with E-state index in [4.69, 9.17) is 14.7 Å². The Labute approximate surface area is 81.3 Å². The molecule has 0 aliphatic carbocycles. The highest BCUT2D eigenvalue weighted by Gasteiger charge is 2.34. The van der Waals surface area contributed by atoms with Crippen molar-refractivity contribution in [2.24, 2.45) is 0 Å². The van der Waals surface area contributed by atoms with E-state index in [0.717, 1.165) is 0 Å². The third kappa shape index (κ3) is 1.14. The van der Waals surface area contributed by atoms with Gasteiger partial charge in [-0.25, -0.2) is 0 Å². The van der Waals surface area contributed by atoms with Gasteiger partial charge >= 0.3 is 0 Å². The van der Waals surface area contributed by atoms with Crippen molar-refractivity contribution in [3.8, 4) is 23.3 Å². The Hall–Kier alpha value is -1.89. The lowest BCUT2D eigenvalue weighted by molar-refractivity contribution is -0.0439. The third-order valence-electron chi connectivity index (χ3n) is 1.92. The van der Waals surface area contributed by atoms with E-state index in [2.05, 4.69) is 0 Å². The first-order valence-electron chi connectivity index (χ1n) is 4.17. The normalized spacial score (nSPS) is 16.4. The highest BCUT2D eigenvalue weighted by molar-refractivity contribution is 5.60. The van der Waals surface area contributed by atoms with Crippen LogP contribution in [-0.4, -0.2) is 10.9 Å². The number of nitrogens with zero attached hydrogens (tertiary/aromatic N) is 1. The number of phenols is 1. The Morgan fingerprint density at radius 2 is 2.07 bits per heavy atom. The molecule has 0 radical (unpaired) electrons. The van der Waals surface area contributed by atoms with Gasteiger partial charge in [-0.3, -0.25) is 0 Å². The maximum absolute atomic E-state index is 9.61. The molecule has 1 aromatic rings. The summed E-state index contributed by atoms with van der Waals surface area (Å²) < 4.78 is 10.7. The molecule has 4 heteroatoms. The first-order chi connectivity index (χ1) is 6.53. The van der Waals surface area contributed by atoms with Crippen LogP contribution in [0.5, 0.6) is 17.2 Å². The van der Waals surface area contributed by atoms with Crippen LogP contribution < -0.4 is 9.47 Å².